The second-order valence-corrected chi connectivity index (χ2v) is 11.9. The third-order valence-corrected chi connectivity index (χ3v) is 9.29. The van der Waals surface area contributed by atoms with Crippen LogP contribution in [0, 0.1) is 0 Å². The highest BCUT2D eigenvalue weighted by Crippen LogP contribution is 2.46. The molecule has 0 atom stereocenters. The summed E-state index contributed by atoms with van der Waals surface area (Å²) in [5.41, 5.74) is 7.22. The van der Waals surface area contributed by atoms with E-state index in [-0.39, 0.29) is 0 Å². The average molecular weight is 566 g/mol. The first kappa shape index (κ1) is 25.5. The fraction of sp³-hybridized carbons (Fsp3) is 0. The number of aromatic nitrogens is 1. The Bertz CT molecular complexity index is 2140. The van der Waals surface area contributed by atoms with Crippen molar-refractivity contribution in [2.45, 2.75) is 9.79 Å². The van der Waals surface area contributed by atoms with Crippen LogP contribution in [0.15, 0.2) is 174 Å². The first-order valence-corrected chi connectivity index (χ1v) is 15.3. The molecule has 0 fully saturated rings. The summed E-state index contributed by atoms with van der Waals surface area (Å²) in [7, 11) is 0. The third kappa shape index (κ3) is 4.76. The summed E-state index contributed by atoms with van der Waals surface area (Å²) in [4.78, 5) is 7.13. The van der Waals surface area contributed by atoms with Crippen LogP contribution in [0.3, 0.4) is 0 Å². The molecule has 8 rings (SSSR count). The van der Waals surface area contributed by atoms with Crippen LogP contribution in [0.2, 0.25) is 0 Å². The topological polar surface area (TPSA) is 12.9 Å². The molecule has 0 radical (unpaired) electrons. The number of hydrogen-bond acceptors (Lipinski definition) is 2. The molecule has 1 nitrogen and oxygen atoms in total. The molecular formula is C41H27NS. The number of benzene rings is 7. The molecule has 1 aromatic heterocycles. The quantitative estimate of drug-likeness (QED) is 0.193. The minimum absolute atomic E-state index is 1.16. The lowest BCUT2D eigenvalue weighted by Crippen LogP contribution is -1.92. The van der Waals surface area contributed by atoms with Crippen molar-refractivity contribution in [2.75, 3.05) is 0 Å². The summed E-state index contributed by atoms with van der Waals surface area (Å²) in [6, 6.07) is 54.6. The summed E-state index contributed by atoms with van der Waals surface area (Å²) in [5.74, 6) is 0. The molecule has 7 aromatic carbocycles. The van der Waals surface area contributed by atoms with Crippen LogP contribution in [0.1, 0.15) is 0 Å². The van der Waals surface area contributed by atoms with E-state index >= 15 is 0 Å². The molecular weight excluding hydrogens is 539 g/mol. The second kappa shape index (κ2) is 10.9. The van der Waals surface area contributed by atoms with Gasteiger partial charge in [-0.25, -0.2) is 0 Å². The molecule has 43 heavy (non-hydrogen) atoms. The van der Waals surface area contributed by atoms with E-state index < -0.39 is 0 Å². The van der Waals surface area contributed by atoms with Crippen molar-refractivity contribution in [2.24, 2.45) is 0 Å². The maximum Gasteiger partial charge on any atom is 0.0353 e. The molecule has 0 N–H and O–H groups in total. The van der Waals surface area contributed by atoms with Gasteiger partial charge in [-0.1, -0.05) is 127 Å². The number of hydrogen-bond donors (Lipinski definition) is 0. The van der Waals surface area contributed by atoms with Gasteiger partial charge >= 0.3 is 0 Å². The maximum atomic E-state index is 4.65. The standard InChI is InChI=1S/C41H27NS/c1-3-11-28(12-4-1)32-23-33(29-13-5-2-6-14-29)25-34(24-32)40-36-17-9-10-18-37(36)41(38-21-22-42-27-39(38)40)43-35-20-19-30-15-7-8-16-31(30)26-35/h1-27H. The predicted octanol–water partition coefficient (Wildman–Crippen LogP) is 11.7. The van der Waals surface area contributed by atoms with E-state index in [1.54, 1.807) is 0 Å². The molecule has 0 saturated heterocycles. The zero-order valence-corrected chi connectivity index (χ0v) is 24.3. The Morgan fingerprint density at radius 2 is 0.977 bits per heavy atom. The first-order chi connectivity index (χ1) is 21.3. The van der Waals surface area contributed by atoms with Gasteiger partial charge in [0.05, 0.1) is 0 Å². The zero-order valence-electron chi connectivity index (χ0n) is 23.4. The first-order valence-electron chi connectivity index (χ1n) is 14.5. The van der Waals surface area contributed by atoms with Crippen LogP contribution in [-0.2, 0) is 0 Å². The molecule has 0 amide bonds. The predicted molar refractivity (Wildman–Crippen MR) is 184 cm³/mol. The fourth-order valence-electron chi connectivity index (χ4n) is 6.12. The smallest absolute Gasteiger partial charge is 0.0353 e. The molecule has 0 aliphatic rings. The number of rotatable bonds is 5. The van der Waals surface area contributed by atoms with Gasteiger partial charge < -0.3 is 0 Å². The summed E-state index contributed by atoms with van der Waals surface area (Å²) in [6.07, 6.45) is 3.96. The van der Waals surface area contributed by atoms with Crippen molar-refractivity contribution in [3.05, 3.63) is 164 Å². The van der Waals surface area contributed by atoms with Gasteiger partial charge in [0.1, 0.15) is 0 Å². The van der Waals surface area contributed by atoms with E-state index in [9.17, 15) is 0 Å². The summed E-state index contributed by atoms with van der Waals surface area (Å²) >= 11 is 1.84. The van der Waals surface area contributed by atoms with Crippen molar-refractivity contribution >= 4 is 44.1 Å². The molecule has 0 aliphatic heterocycles. The van der Waals surface area contributed by atoms with Crippen LogP contribution >= 0.6 is 11.8 Å². The van der Waals surface area contributed by atoms with Gasteiger partial charge in [0.2, 0.25) is 0 Å². The number of nitrogens with zero attached hydrogens (tertiary/aromatic N) is 1. The lowest BCUT2D eigenvalue weighted by molar-refractivity contribution is 1.36. The molecule has 8 aromatic rings. The van der Waals surface area contributed by atoms with Gasteiger partial charge in [0.25, 0.3) is 0 Å². The van der Waals surface area contributed by atoms with Crippen LogP contribution in [-0.4, -0.2) is 4.98 Å². The van der Waals surface area contributed by atoms with Gasteiger partial charge in [0.15, 0.2) is 0 Å². The van der Waals surface area contributed by atoms with Gasteiger partial charge in [-0.05, 0) is 96.7 Å². The average Bonchev–Trinajstić information content (AvgIpc) is 3.09. The van der Waals surface area contributed by atoms with Crippen molar-refractivity contribution < 1.29 is 0 Å². The van der Waals surface area contributed by atoms with E-state index in [0.717, 1.165) is 5.39 Å². The minimum Gasteiger partial charge on any atom is -0.264 e. The molecule has 0 aliphatic carbocycles. The summed E-state index contributed by atoms with van der Waals surface area (Å²) in [6.45, 7) is 0. The lowest BCUT2D eigenvalue weighted by Gasteiger charge is -2.18. The Morgan fingerprint density at radius 3 is 1.70 bits per heavy atom. The van der Waals surface area contributed by atoms with Crippen molar-refractivity contribution in [1.29, 1.82) is 0 Å². The van der Waals surface area contributed by atoms with E-state index in [2.05, 4.69) is 157 Å². The Morgan fingerprint density at radius 1 is 0.395 bits per heavy atom. The van der Waals surface area contributed by atoms with Crippen LogP contribution in [0.25, 0.3) is 65.7 Å². The number of pyridine rings is 1. The maximum absolute atomic E-state index is 4.65. The Balaban J connectivity index is 1.39. The van der Waals surface area contributed by atoms with E-state index in [4.69, 9.17) is 0 Å². The lowest BCUT2D eigenvalue weighted by atomic mass is 9.88. The van der Waals surface area contributed by atoms with Gasteiger partial charge in [-0.3, -0.25) is 4.98 Å². The zero-order chi connectivity index (χ0) is 28.6. The molecule has 202 valence electrons. The molecule has 0 unspecified atom stereocenters. The SMILES string of the molecule is c1ccc(-c2cc(-c3ccccc3)cc(-c3c4ccccc4c(Sc4ccc5ccccc5c4)c4ccncc34)c2)cc1. The van der Waals surface area contributed by atoms with Crippen molar-refractivity contribution in [3.8, 4) is 33.4 Å². The van der Waals surface area contributed by atoms with Gasteiger partial charge in [-0.15, -0.1) is 0 Å². The Labute approximate surface area is 255 Å². The van der Waals surface area contributed by atoms with E-state index in [1.807, 2.05) is 24.2 Å². The molecule has 0 spiro atoms. The highest BCUT2D eigenvalue weighted by molar-refractivity contribution is 7.99. The normalized spacial score (nSPS) is 11.3. The van der Waals surface area contributed by atoms with Crippen molar-refractivity contribution in [1.82, 2.24) is 4.98 Å². The van der Waals surface area contributed by atoms with Gasteiger partial charge in [-0.2, -0.15) is 0 Å². The molecule has 1 heterocycles. The third-order valence-electron chi connectivity index (χ3n) is 8.15. The second-order valence-electron chi connectivity index (χ2n) is 10.8. The van der Waals surface area contributed by atoms with E-state index in [0.29, 0.717) is 0 Å². The van der Waals surface area contributed by atoms with Crippen molar-refractivity contribution in [3.63, 3.8) is 0 Å². The Hall–Kier alpha value is -5.18. The largest absolute Gasteiger partial charge is 0.264 e. The molecule has 0 bridgehead atoms. The fourth-order valence-corrected chi connectivity index (χ4v) is 7.25. The highest BCUT2D eigenvalue weighted by atomic mass is 32.2. The van der Waals surface area contributed by atoms with Crippen LogP contribution < -0.4 is 0 Å². The summed E-state index contributed by atoms with van der Waals surface area (Å²) in [5, 5.41) is 7.37. The van der Waals surface area contributed by atoms with E-state index in [1.165, 1.54) is 70.1 Å². The highest BCUT2D eigenvalue weighted by Gasteiger charge is 2.18. The molecule has 0 saturated carbocycles. The Kier molecular flexibility index (Phi) is 6.47. The van der Waals surface area contributed by atoms with Crippen LogP contribution in [0.5, 0.6) is 0 Å². The van der Waals surface area contributed by atoms with Gasteiger partial charge in [0, 0.05) is 27.6 Å². The summed E-state index contributed by atoms with van der Waals surface area (Å²) < 4.78 is 0. The molecule has 2 heteroatoms. The monoisotopic (exact) mass is 565 g/mol. The van der Waals surface area contributed by atoms with Crippen LogP contribution in [0.4, 0.5) is 0 Å². The number of fused-ring (bicyclic) bond motifs is 3. The minimum atomic E-state index is 1.16.